The molecule has 0 radical (unpaired) electrons. The molecule has 3 rings (SSSR count). The molecule has 0 unspecified atom stereocenters. The summed E-state index contributed by atoms with van der Waals surface area (Å²) in [5.74, 6) is -1.95. The number of hydrogen-bond donors (Lipinski definition) is 1. The summed E-state index contributed by atoms with van der Waals surface area (Å²) < 4.78 is 26.4. The number of fused-ring (bicyclic) bond motifs is 1. The van der Waals surface area contributed by atoms with Crippen molar-refractivity contribution in [3.05, 3.63) is 57.6 Å². The molecule has 2 nitrogen and oxygen atoms in total. The minimum absolute atomic E-state index is 0.276. The number of nitrogens with one attached hydrogen (secondary N) is 1. The summed E-state index contributed by atoms with van der Waals surface area (Å²) in [5, 5.41) is 1.21. The zero-order valence-corrected chi connectivity index (χ0v) is 11.9. The molecule has 1 N–H and O–H groups in total. The number of aldehydes is 1. The third-order valence-electron chi connectivity index (χ3n) is 3.18. The third-order valence-corrected chi connectivity index (χ3v) is 3.70. The summed E-state index contributed by atoms with van der Waals surface area (Å²) >= 11 is 12.0. The predicted octanol–water partition coefficient (Wildman–Crippen LogP) is 5.23. The maximum Gasteiger partial charge on any atom is 0.159 e. The Bertz CT molecular complexity index is 874. The van der Waals surface area contributed by atoms with Crippen molar-refractivity contribution in [2.75, 3.05) is 0 Å². The van der Waals surface area contributed by atoms with Crippen molar-refractivity contribution in [2.24, 2.45) is 0 Å². The number of rotatable bonds is 2. The summed E-state index contributed by atoms with van der Waals surface area (Å²) in [4.78, 5) is 14.4. The van der Waals surface area contributed by atoms with Crippen molar-refractivity contribution >= 4 is 40.4 Å². The molecule has 0 aliphatic rings. The number of aromatic nitrogens is 1. The Hall–Kier alpha value is -1.91. The zero-order chi connectivity index (χ0) is 15.1. The molecule has 0 amide bonds. The van der Waals surface area contributed by atoms with Crippen molar-refractivity contribution in [1.82, 2.24) is 4.98 Å². The van der Waals surface area contributed by atoms with Crippen LogP contribution in [0.3, 0.4) is 0 Å². The van der Waals surface area contributed by atoms with Crippen LogP contribution >= 0.6 is 23.2 Å². The highest BCUT2D eigenvalue weighted by atomic mass is 35.5. The lowest BCUT2D eigenvalue weighted by Crippen LogP contribution is -1.88. The van der Waals surface area contributed by atoms with Crippen molar-refractivity contribution in [3.63, 3.8) is 0 Å². The minimum atomic E-state index is -0.993. The SMILES string of the molecule is O=Cc1c(-c2ccc(F)c(F)c2)[nH]c2cc(Cl)cc(Cl)c12. The summed E-state index contributed by atoms with van der Waals surface area (Å²) in [6.45, 7) is 0. The first-order valence-corrected chi connectivity index (χ1v) is 6.68. The van der Waals surface area contributed by atoms with Crippen LogP contribution in [0.4, 0.5) is 8.78 Å². The van der Waals surface area contributed by atoms with Gasteiger partial charge in [0.1, 0.15) is 0 Å². The number of benzene rings is 2. The number of H-pyrrole nitrogens is 1. The van der Waals surface area contributed by atoms with Crippen molar-refractivity contribution in [3.8, 4) is 11.3 Å². The highest BCUT2D eigenvalue weighted by Gasteiger charge is 2.17. The van der Waals surface area contributed by atoms with E-state index in [2.05, 4.69) is 4.98 Å². The van der Waals surface area contributed by atoms with Gasteiger partial charge in [-0.2, -0.15) is 0 Å². The van der Waals surface area contributed by atoms with Gasteiger partial charge in [0.2, 0.25) is 0 Å². The summed E-state index contributed by atoms with van der Waals surface area (Å²) in [5.41, 5.74) is 1.54. The maximum absolute atomic E-state index is 13.4. The summed E-state index contributed by atoms with van der Waals surface area (Å²) in [6.07, 6.45) is 0.620. The van der Waals surface area contributed by atoms with Crippen molar-refractivity contribution in [1.29, 1.82) is 0 Å². The lowest BCUT2D eigenvalue weighted by molar-refractivity contribution is 0.112. The van der Waals surface area contributed by atoms with Crippen molar-refractivity contribution < 1.29 is 13.6 Å². The molecule has 0 spiro atoms. The average molecular weight is 326 g/mol. The quantitative estimate of drug-likeness (QED) is 0.643. The molecule has 0 saturated heterocycles. The number of aromatic amines is 1. The van der Waals surface area contributed by atoms with E-state index in [9.17, 15) is 13.6 Å². The monoisotopic (exact) mass is 325 g/mol. The molecular weight excluding hydrogens is 319 g/mol. The summed E-state index contributed by atoms with van der Waals surface area (Å²) in [7, 11) is 0. The van der Waals surface area contributed by atoms with Gasteiger partial charge in [0.15, 0.2) is 17.9 Å². The topological polar surface area (TPSA) is 32.9 Å². The van der Waals surface area contributed by atoms with Gasteiger partial charge in [-0.15, -0.1) is 0 Å². The van der Waals surface area contributed by atoms with Gasteiger partial charge in [-0.05, 0) is 30.3 Å². The second-order valence-electron chi connectivity index (χ2n) is 4.47. The Morgan fingerprint density at radius 1 is 1.05 bits per heavy atom. The van der Waals surface area contributed by atoms with Crippen LogP contribution < -0.4 is 0 Å². The third kappa shape index (κ3) is 2.30. The van der Waals surface area contributed by atoms with Gasteiger partial charge in [-0.3, -0.25) is 4.79 Å². The van der Waals surface area contributed by atoms with E-state index < -0.39 is 11.6 Å². The molecule has 0 aliphatic heterocycles. The van der Waals surface area contributed by atoms with Crippen LogP contribution in [0.1, 0.15) is 10.4 Å². The van der Waals surface area contributed by atoms with E-state index in [1.165, 1.54) is 12.1 Å². The Labute approximate surface area is 128 Å². The first-order chi connectivity index (χ1) is 10.0. The first kappa shape index (κ1) is 14.0. The minimum Gasteiger partial charge on any atom is -0.354 e. The van der Waals surface area contributed by atoms with E-state index in [0.717, 1.165) is 12.1 Å². The van der Waals surface area contributed by atoms with E-state index >= 15 is 0 Å². The van der Waals surface area contributed by atoms with E-state index in [1.54, 1.807) is 6.07 Å². The molecule has 106 valence electrons. The van der Waals surface area contributed by atoms with Crippen LogP contribution in [0, 0.1) is 11.6 Å². The fraction of sp³-hybridized carbons (Fsp3) is 0. The Morgan fingerprint density at radius 3 is 2.48 bits per heavy atom. The molecule has 6 heteroatoms. The van der Waals surface area contributed by atoms with E-state index in [4.69, 9.17) is 23.2 Å². The number of carbonyl (C=O) groups is 1. The molecule has 1 heterocycles. The Kier molecular flexibility index (Phi) is 3.43. The smallest absolute Gasteiger partial charge is 0.159 e. The zero-order valence-electron chi connectivity index (χ0n) is 10.4. The fourth-order valence-electron chi connectivity index (χ4n) is 2.27. The van der Waals surface area contributed by atoms with Gasteiger partial charge in [0.25, 0.3) is 0 Å². The van der Waals surface area contributed by atoms with Crippen molar-refractivity contribution in [2.45, 2.75) is 0 Å². The van der Waals surface area contributed by atoms with Gasteiger partial charge in [0.05, 0.1) is 10.7 Å². The van der Waals surface area contributed by atoms with Crippen LogP contribution in [-0.2, 0) is 0 Å². The maximum atomic E-state index is 13.4. The molecule has 2 aromatic carbocycles. The Morgan fingerprint density at radius 2 is 1.81 bits per heavy atom. The molecule has 0 aliphatic carbocycles. The Balaban J connectivity index is 2.34. The fourth-order valence-corrected chi connectivity index (χ4v) is 2.87. The second-order valence-corrected chi connectivity index (χ2v) is 5.31. The average Bonchev–Trinajstić information content (AvgIpc) is 2.80. The molecule has 21 heavy (non-hydrogen) atoms. The van der Waals surface area contributed by atoms with Crippen LogP contribution in [0.2, 0.25) is 10.0 Å². The predicted molar refractivity (Wildman–Crippen MR) is 79.1 cm³/mol. The number of halogens is 4. The summed E-state index contributed by atoms with van der Waals surface area (Å²) in [6, 6.07) is 6.52. The molecule has 0 fully saturated rings. The lowest BCUT2D eigenvalue weighted by atomic mass is 10.1. The highest BCUT2D eigenvalue weighted by molar-refractivity contribution is 6.39. The number of carbonyl (C=O) groups excluding carboxylic acids is 1. The molecule has 1 aromatic heterocycles. The van der Waals surface area contributed by atoms with Crippen LogP contribution in [0.15, 0.2) is 30.3 Å². The van der Waals surface area contributed by atoms with E-state index in [1.807, 2.05) is 0 Å². The molecular formula is C15H7Cl2F2NO. The normalized spacial score (nSPS) is 11.0. The molecule has 0 bridgehead atoms. The van der Waals surface area contributed by atoms with Gasteiger partial charge in [0, 0.05) is 27.1 Å². The molecule has 3 aromatic rings. The molecule has 0 atom stereocenters. The van der Waals surface area contributed by atoms with Crippen LogP contribution in [0.25, 0.3) is 22.2 Å². The van der Waals surface area contributed by atoms with Gasteiger partial charge in [-0.25, -0.2) is 8.78 Å². The van der Waals surface area contributed by atoms with Crippen LogP contribution in [-0.4, -0.2) is 11.3 Å². The van der Waals surface area contributed by atoms with Crippen LogP contribution in [0.5, 0.6) is 0 Å². The second kappa shape index (κ2) is 5.13. The van der Waals surface area contributed by atoms with Gasteiger partial charge < -0.3 is 4.98 Å². The largest absolute Gasteiger partial charge is 0.354 e. The standard InChI is InChI=1S/C15H7Cl2F2NO/c16-8-4-10(17)14-9(6-21)15(20-13(14)5-8)7-1-2-11(18)12(19)3-7/h1-6,20H. The first-order valence-electron chi connectivity index (χ1n) is 5.92. The lowest BCUT2D eigenvalue weighted by Gasteiger charge is -2.01. The van der Waals surface area contributed by atoms with Gasteiger partial charge >= 0.3 is 0 Å². The van der Waals surface area contributed by atoms with E-state index in [-0.39, 0.29) is 5.56 Å². The number of hydrogen-bond acceptors (Lipinski definition) is 1. The highest BCUT2D eigenvalue weighted by Crippen LogP contribution is 2.35. The van der Waals surface area contributed by atoms with Gasteiger partial charge in [-0.1, -0.05) is 23.2 Å². The van der Waals surface area contributed by atoms with E-state index in [0.29, 0.717) is 38.5 Å². The molecule has 0 saturated carbocycles.